The fourth-order valence-corrected chi connectivity index (χ4v) is 3.25. The number of rotatable bonds is 10. The lowest BCUT2D eigenvalue weighted by molar-refractivity contribution is -0.145. The summed E-state index contributed by atoms with van der Waals surface area (Å²) in [5, 5.41) is 5.67. The molecular formula is C29H38ClN5O5. The van der Waals surface area contributed by atoms with Crippen molar-refractivity contribution in [2.45, 2.75) is 34.1 Å². The van der Waals surface area contributed by atoms with Gasteiger partial charge in [0.1, 0.15) is 17.4 Å². The van der Waals surface area contributed by atoms with E-state index in [1.54, 1.807) is 32.1 Å². The van der Waals surface area contributed by atoms with Crippen LogP contribution in [0.25, 0.3) is 0 Å². The third-order valence-electron chi connectivity index (χ3n) is 4.94. The van der Waals surface area contributed by atoms with Crippen molar-refractivity contribution in [1.82, 2.24) is 9.88 Å². The summed E-state index contributed by atoms with van der Waals surface area (Å²) in [5.41, 5.74) is 0.393. The van der Waals surface area contributed by atoms with Gasteiger partial charge < -0.3 is 25.0 Å². The van der Waals surface area contributed by atoms with Gasteiger partial charge in [-0.05, 0) is 50.3 Å². The van der Waals surface area contributed by atoms with E-state index >= 15 is 0 Å². The zero-order valence-corrected chi connectivity index (χ0v) is 24.5. The number of nitrogens with zero attached hydrogens (tertiary/aromatic N) is 3. The molecule has 0 radical (unpaired) electrons. The zero-order chi connectivity index (χ0) is 29.9. The second-order valence-electron chi connectivity index (χ2n) is 7.82. The van der Waals surface area contributed by atoms with Crippen LogP contribution in [-0.4, -0.2) is 66.9 Å². The predicted octanol–water partition coefficient (Wildman–Crippen LogP) is 5.38. The lowest BCUT2D eigenvalue weighted by Crippen LogP contribution is -2.21. The number of carbonyl (C=O) groups is 3. The van der Waals surface area contributed by atoms with Crippen molar-refractivity contribution in [3.63, 3.8) is 0 Å². The van der Waals surface area contributed by atoms with Gasteiger partial charge in [0.05, 0.1) is 29.4 Å². The molecule has 216 valence electrons. The third kappa shape index (κ3) is 12.1. The van der Waals surface area contributed by atoms with Gasteiger partial charge in [0.25, 0.3) is 5.91 Å². The first-order valence-corrected chi connectivity index (χ1v) is 13.3. The van der Waals surface area contributed by atoms with E-state index < -0.39 is 17.8 Å². The van der Waals surface area contributed by atoms with Crippen molar-refractivity contribution in [3.8, 4) is 5.75 Å². The first kappa shape index (κ1) is 33.8. The highest BCUT2D eigenvalue weighted by molar-refractivity contribution is 6.30. The fourth-order valence-electron chi connectivity index (χ4n) is 3.14. The normalized spacial score (nSPS) is 11.8. The molecule has 0 atom stereocenters. The number of aliphatic imine (C=N–C) groups is 1. The number of pyridine rings is 1. The molecule has 0 saturated carbocycles. The summed E-state index contributed by atoms with van der Waals surface area (Å²) in [6.07, 6.45) is 7.10. The zero-order valence-electron chi connectivity index (χ0n) is 23.7. The van der Waals surface area contributed by atoms with Crippen LogP contribution in [0.5, 0.6) is 5.75 Å². The number of halogens is 1. The van der Waals surface area contributed by atoms with Gasteiger partial charge in [0.2, 0.25) is 5.91 Å². The Balaban J connectivity index is 0.000000609. The molecule has 11 heteroatoms. The number of anilines is 2. The average molecular weight is 572 g/mol. The van der Waals surface area contributed by atoms with Gasteiger partial charge in [-0.15, -0.1) is 6.58 Å². The average Bonchev–Trinajstić information content (AvgIpc) is 3.35. The Labute approximate surface area is 241 Å². The molecule has 0 saturated heterocycles. The number of benzene rings is 1. The maximum atomic E-state index is 12.8. The SMILES string of the molecule is C/C=C/C(=O)Nc1ccc(OCC(=O)OCC)cc1C(=O)Nc1ccc(Cl)cn1.C=CCC1=NCCN1C.CC. The van der Waals surface area contributed by atoms with Crippen LogP contribution in [-0.2, 0) is 14.3 Å². The molecular weight excluding hydrogens is 534 g/mol. The smallest absolute Gasteiger partial charge is 0.344 e. The Morgan fingerprint density at radius 2 is 1.93 bits per heavy atom. The molecule has 1 aromatic carbocycles. The third-order valence-corrected chi connectivity index (χ3v) is 5.16. The summed E-state index contributed by atoms with van der Waals surface area (Å²) in [5.74, 6) is 0.252. The van der Waals surface area contributed by atoms with Gasteiger partial charge in [0, 0.05) is 26.2 Å². The highest BCUT2D eigenvalue weighted by atomic mass is 35.5. The molecule has 0 aliphatic carbocycles. The first-order chi connectivity index (χ1) is 19.3. The molecule has 0 spiro atoms. The van der Waals surface area contributed by atoms with E-state index in [1.165, 1.54) is 36.3 Å². The number of likely N-dealkylation sites (N-methyl/N-ethyl adjacent to an activating group) is 1. The number of esters is 1. The van der Waals surface area contributed by atoms with Crippen LogP contribution in [0.4, 0.5) is 11.5 Å². The number of nitrogens with one attached hydrogen (secondary N) is 2. The number of carbonyl (C=O) groups excluding carboxylic acids is 3. The van der Waals surface area contributed by atoms with Crippen molar-refractivity contribution in [2.24, 2.45) is 4.99 Å². The molecule has 10 nitrogen and oxygen atoms in total. The Morgan fingerprint density at radius 3 is 2.50 bits per heavy atom. The first-order valence-electron chi connectivity index (χ1n) is 12.9. The van der Waals surface area contributed by atoms with E-state index in [4.69, 9.17) is 21.1 Å². The lowest BCUT2D eigenvalue weighted by Gasteiger charge is -2.13. The Kier molecular flexibility index (Phi) is 16.1. The van der Waals surface area contributed by atoms with E-state index in [2.05, 4.69) is 39.1 Å². The Morgan fingerprint density at radius 1 is 1.18 bits per heavy atom. The standard InChI is InChI=1S/C20H20ClN3O5.C7H12N2.C2H6/c1-3-5-18(25)23-16-8-7-14(29-12-19(26)28-4-2)10-15(16)20(27)24-17-9-6-13(21)11-22-17;1-3-4-7-8-5-6-9(7)2;1-2/h3,5-11H,4,12H2,1-2H3,(H,23,25)(H,22,24,27);3H,1,4-6H2,2H3;1-2H3/b5-3+;;. The molecule has 0 bridgehead atoms. The largest absolute Gasteiger partial charge is 0.482 e. The van der Waals surface area contributed by atoms with Gasteiger partial charge in [-0.25, -0.2) is 9.78 Å². The maximum absolute atomic E-state index is 12.8. The van der Waals surface area contributed by atoms with Crippen molar-refractivity contribution >= 4 is 46.7 Å². The molecule has 2 aromatic rings. The molecule has 2 heterocycles. The monoisotopic (exact) mass is 571 g/mol. The fraction of sp³-hybridized carbons (Fsp3) is 0.345. The van der Waals surface area contributed by atoms with Gasteiger partial charge >= 0.3 is 5.97 Å². The van der Waals surface area contributed by atoms with Crippen LogP contribution >= 0.6 is 11.6 Å². The van der Waals surface area contributed by atoms with E-state index in [0.29, 0.717) is 5.02 Å². The Bertz CT molecular complexity index is 1180. The maximum Gasteiger partial charge on any atom is 0.344 e. The Hall–Kier alpha value is -4.18. The van der Waals surface area contributed by atoms with E-state index in [-0.39, 0.29) is 36.0 Å². The minimum atomic E-state index is -0.533. The van der Waals surface area contributed by atoms with Crippen LogP contribution in [0.2, 0.25) is 5.02 Å². The highest BCUT2D eigenvalue weighted by Gasteiger charge is 2.16. The van der Waals surface area contributed by atoms with Crippen molar-refractivity contribution in [1.29, 1.82) is 0 Å². The van der Waals surface area contributed by atoms with Gasteiger partial charge in [-0.1, -0.05) is 37.6 Å². The van der Waals surface area contributed by atoms with Crippen LogP contribution in [0.3, 0.4) is 0 Å². The molecule has 2 N–H and O–H groups in total. The van der Waals surface area contributed by atoms with Crippen LogP contribution in [0, 0.1) is 0 Å². The number of amides is 2. The summed E-state index contributed by atoms with van der Waals surface area (Å²) in [6.45, 7) is 13.0. The van der Waals surface area contributed by atoms with Gasteiger partial charge in [-0.3, -0.25) is 14.6 Å². The highest BCUT2D eigenvalue weighted by Crippen LogP contribution is 2.24. The second kappa shape index (κ2) is 19.0. The summed E-state index contributed by atoms with van der Waals surface area (Å²) < 4.78 is 10.2. The van der Waals surface area contributed by atoms with Crippen molar-refractivity contribution in [2.75, 3.05) is 44.0 Å². The van der Waals surface area contributed by atoms with E-state index in [9.17, 15) is 14.4 Å². The minimum Gasteiger partial charge on any atom is -0.482 e. The summed E-state index contributed by atoms with van der Waals surface area (Å²) in [4.78, 5) is 46.6. The minimum absolute atomic E-state index is 0.126. The number of ether oxygens (including phenoxy) is 2. The van der Waals surface area contributed by atoms with Gasteiger partial charge in [0.15, 0.2) is 6.61 Å². The van der Waals surface area contributed by atoms with Crippen LogP contribution < -0.4 is 15.4 Å². The summed E-state index contributed by atoms with van der Waals surface area (Å²) in [6, 6.07) is 7.57. The molecule has 40 heavy (non-hydrogen) atoms. The quantitative estimate of drug-likeness (QED) is 0.223. The van der Waals surface area contributed by atoms with Gasteiger partial charge in [-0.2, -0.15) is 0 Å². The molecule has 0 fully saturated rings. The second-order valence-corrected chi connectivity index (χ2v) is 8.25. The molecule has 1 aliphatic rings. The summed E-state index contributed by atoms with van der Waals surface area (Å²) in [7, 11) is 2.06. The van der Waals surface area contributed by atoms with E-state index in [0.717, 1.165) is 19.5 Å². The number of hydrogen-bond acceptors (Lipinski definition) is 8. The number of amidine groups is 1. The topological polar surface area (TPSA) is 122 Å². The lowest BCUT2D eigenvalue weighted by atomic mass is 10.1. The number of aromatic nitrogens is 1. The molecule has 1 aromatic heterocycles. The predicted molar refractivity (Wildman–Crippen MR) is 160 cm³/mol. The van der Waals surface area contributed by atoms with Crippen molar-refractivity contribution in [3.05, 3.63) is 71.9 Å². The van der Waals surface area contributed by atoms with Crippen molar-refractivity contribution < 1.29 is 23.9 Å². The van der Waals surface area contributed by atoms with E-state index in [1.807, 2.05) is 19.9 Å². The van der Waals surface area contributed by atoms with Crippen LogP contribution in [0.15, 0.2) is 66.3 Å². The molecule has 1 aliphatic heterocycles. The van der Waals surface area contributed by atoms with Crippen LogP contribution in [0.1, 0.15) is 44.5 Å². The molecule has 3 rings (SSSR count). The number of hydrogen-bond donors (Lipinski definition) is 2. The molecule has 0 unspecified atom stereocenters. The molecule has 2 amide bonds. The summed E-state index contributed by atoms with van der Waals surface area (Å²) >= 11 is 5.80. The number of allylic oxidation sites excluding steroid dienone is 1.